The summed E-state index contributed by atoms with van der Waals surface area (Å²) < 4.78 is 37.4. The van der Waals surface area contributed by atoms with Crippen molar-refractivity contribution in [2.24, 2.45) is 0 Å². The Morgan fingerprint density at radius 1 is 1.00 bits per heavy atom. The number of carbonyl (C=O) groups excluding carboxylic acids is 1. The number of ether oxygens (including phenoxy) is 2. The summed E-state index contributed by atoms with van der Waals surface area (Å²) in [6.45, 7) is 3.40. The quantitative estimate of drug-likeness (QED) is 0.567. The Labute approximate surface area is 184 Å². The standard InChI is InChI=1S/C23H30N2O5S/c1-2-18-31(27,28)25-14-12-19(13-15-25)24-23(26)21-10-6-7-11-22(21)30-17-16-29-20-8-4-3-5-9-20/h3-11,19H,2,12-18H2,1H3,(H,24,26). The first kappa shape index (κ1) is 23.1. The van der Waals surface area contributed by atoms with Gasteiger partial charge in [-0.05, 0) is 43.5 Å². The molecule has 1 amide bonds. The molecule has 0 radical (unpaired) electrons. The topological polar surface area (TPSA) is 84.9 Å². The Hall–Kier alpha value is -2.58. The van der Waals surface area contributed by atoms with Crippen LogP contribution in [0, 0.1) is 0 Å². The van der Waals surface area contributed by atoms with Gasteiger partial charge in [0.05, 0.1) is 11.3 Å². The van der Waals surface area contributed by atoms with E-state index in [-0.39, 0.29) is 17.7 Å². The summed E-state index contributed by atoms with van der Waals surface area (Å²) in [5, 5.41) is 3.02. The molecule has 7 nitrogen and oxygen atoms in total. The van der Waals surface area contributed by atoms with E-state index in [1.165, 1.54) is 4.31 Å². The molecule has 1 aliphatic heterocycles. The summed E-state index contributed by atoms with van der Waals surface area (Å²) in [4.78, 5) is 12.8. The number of hydrogen-bond acceptors (Lipinski definition) is 5. The van der Waals surface area contributed by atoms with Gasteiger partial charge in [0.25, 0.3) is 5.91 Å². The maximum atomic E-state index is 12.8. The van der Waals surface area contributed by atoms with Crippen LogP contribution in [0.4, 0.5) is 0 Å². The molecular weight excluding hydrogens is 416 g/mol. The number of piperidine rings is 1. The van der Waals surface area contributed by atoms with Crippen LogP contribution < -0.4 is 14.8 Å². The van der Waals surface area contributed by atoms with E-state index in [2.05, 4.69) is 5.32 Å². The molecule has 0 atom stereocenters. The molecule has 1 aliphatic rings. The van der Waals surface area contributed by atoms with Gasteiger partial charge < -0.3 is 14.8 Å². The predicted molar refractivity (Wildman–Crippen MR) is 120 cm³/mol. The van der Waals surface area contributed by atoms with E-state index >= 15 is 0 Å². The van der Waals surface area contributed by atoms with E-state index in [0.29, 0.717) is 56.9 Å². The third kappa shape index (κ3) is 6.70. The Morgan fingerprint density at radius 3 is 2.35 bits per heavy atom. The van der Waals surface area contributed by atoms with Crippen molar-refractivity contribution in [2.45, 2.75) is 32.2 Å². The van der Waals surface area contributed by atoms with Gasteiger partial charge in [-0.3, -0.25) is 4.79 Å². The van der Waals surface area contributed by atoms with Gasteiger partial charge in [-0.2, -0.15) is 0 Å². The molecule has 0 bridgehead atoms. The fraction of sp³-hybridized carbons (Fsp3) is 0.435. The number of nitrogens with one attached hydrogen (secondary N) is 1. The van der Waals surface area contributed by atoms with Crippen LogP contribution in [-0.4, -0.2) is 56.7 Å². The Morgan fingerprint density at radius 2 is 1.65 bits per heavy atom. The third-order valence-corrected chi connectivity index (χ3v) is 7.21. The lowest BCUT2D eigenvalue weighted by Gasteiger charge is -2.31. The van der Waals surface area contributed by atoms with E-state index in [0.717, 1.165) is 5.75 Å². The van der Waals surface area contributed by atoms with Gasteiger partial charge in [-0.1, -0.05) is 37.3 Å². The summed E-state index contributed by atoms with van der Waals surface area (Å²) >= 11 is 0. The maximum absolute atomic E-state index is 12.8. The monoisotopic (exact) mass is 446 g/mol. The van der Waals surface area contributed by atoms with Crippen molar-refractivity contribution < 1.29 is 22.7 Å². The molecule has 31 heavy (non-hydrogen) atoms. The molecule has 0 saturated carbocycles. The molecule has 1 fully saturated rings. The summed E-state index contributed by atoms with van der Waals surface area (Å²) in [6.07, 6.45) is 1.80. The number of sulfonamides is 1. The van der Waals surface area contributed by atoms with Crippen LogP contribution >= 0.6 is 0 Å². The fourth-order valence-corrected chi connectivity index (χ4v) is 5.08. The van der Waals surface area contributed by atoms with Crippen molar-refractivity contribution >= 4 is 15.9 Å². The first-order chi connectivity index (χ1) is 15.0. The molecule has 1 heterocycles. The average molecular weight is 447 g/mol. The van der Waals surface area contributed by atoms with Crippen LogP contribution in [0.25, 0.3) is 0 Å². The predicted octanol–water partition coefficient (Wildman–Crippen LogP) is 3.08. The van der Waals surface area contributed by atoms with Crippen LogP contribution in [-0.2, 0) is 10.0 Å². The summed E-state index contributed by atoms with van der Waals surface area (Å²) in [6, 6.07) is 16.5. The highest BCUT2D eigenvalue weighted by atomic mass is 32.2. The highest BCUT2D eigenvalue weighted by molar-refractivity contribution is 7.89. The largest absolute Gasteiger partial charge is 0.490 e. The minimum absolute atomic E-state index is 0.0601. The van der Waals surface area contributed by atoms with Gasteiger partial charge in [-0.25, -0.2) is 12.7 Å². The minimum atomic E-state index is -3.19. The first-order valence-corrected chi connectivity index (χ1v) is 12.3. The molecule has 0 spiro atoms. The zero-order valence-corrected chi connectivity index (χ0v) is 18.6. The van der Waals surface area contributed by atoms with Crippen LogP contribution in [0.1, 0.15) is 36.5 Å². The highest BCUT2D eigenvalue weighted by Crippen LogP contribution is 2.20. The molecule has 2 aromatic rings. The second-order valence-electron chi connectivity index (χ2n) is 7.47. The zero-order valence-electron chi connectivity index (χ0n) is 17.8. The number of carbonyl (C=O) groups is 1. The van der Waals surface area contributed by atoms with E-state index in [4.69, 9.17) is 9.47 Å². The molecule has 2 aromatic carbocycles. The van der Waals surface area contributed by atoms with Gasteiger partial charge in [0.1, 0.15) is 24.7 Å². The summed E-state index contributed by atoms with van der Waals surface area (Å²) in [7, 11) is -3.19. The van der Waals surface area contributed by atoms with Crippen molar-refractivity contribution in [3.05, 3.63) is 60.2 Å². The summed E-state index contributed by atoms with van der Waals surface area (Å²) in [5.41, 5.74) is 0.461. The van der Waals surface area contributed by atoms with Crippen molar-refractivity contribution in [3.63, 3.8) is 0 Å². The van der Waals surface area contributed by atoms with Crippen molar-refractivity contribution in [3.8, 4) is 11.5 Å². The Balaban J connectivity index is 1.49. The lowest BCUT2D eigenvalue weighted by atomic mass is 10.1. The normalized spacial score (nSPS) is 15.4. The number of nitrogens with zero attached hydrogens (tertiary/aromatic N) is 1. The van der Waals surface area contributed by atoms with Gasteiger partial charge in [0.2, 0.25) is 10.0 Å². The lowest BCUT2D eigenvalue weighted by Crippen LogP contribution is -2.47. The Bertz CT molecular complexity index is 941. The van der Waals surface area contributed by atoms with Crippen LogP contribution in [0.2, 0.25) is 0 Å². The van der Waals surface area contributed by atoms with Crippen LogP contribution in [0.3, 0.4) is 0 Å². The third-order valence-electron chi connectivity index (χ3n) is 5.13. The fourth-order valence-electron chi connectivity index (χ4n) is 3.54. The van der Waals surface area contributed by atoms with E-state index in [9.17, 15) is 13.2 Å². The molecule has 1 saturated heterocycles. The molecular formula is C23H30N2O5S. The van der Waals surface area contributed by atoms with Gasteiger partial charge in [-0.15, -0.1) is 0 Å². The first-order valence-electron chi connectivity index (χ1n) is 10.7. The number of rotatable bonds is 10. The van der Waals surface area contributed by atoms with Crippen LogP contribution in [0.5, 0.6) is 11.5 Å². The van der Waals surface area contributed by atoms with E-state index in [1.54, 1.807) is 18.2 Å². The second-order valence-corrected chi connectivity index (χ2v) is 9.56. The van der Waals surface area contributed by atoms with E-state index < -0.39 is 10.0 Å². The number of amides is 1. The molecule has 8 heteroatoms. The molecule has 1 N–H and O–H groups in total. The van der Waals surface area contributed by atoms with Crippen molar-refractivity contribution in [1.82, 2.24) is 9.62 Å². The Kier molecular flexibility index (Phi) is 8.31. The molecule has 0 aromatic heterocycles. The average Bonchev–Trinajstić information content (AvgIpc) is 2.78. The SMILES string of the molecule is CCCS(=O)(=O)N1CCC(NC(=O)c2ccccc2OCCOc2ccccc2)CC1. The van der Waals surface area contributed by atoms with Crippen LogP contribution in [0.15, 0.2) is 54.6 Å². The lowest BCUT2D eigenvalue weighted by molar-refractivity contribution is 0.0918. The van der Waals surface area contributed by atoms with Crippen molar-refractivity contribution in [1.29, 1.82) is 0 Å². The van der Waals surface area contributed by atoms with Crippen molar-refractivity contribution in [2.75, 3.05) is 32.1 Å². The molecule has 3 rings (SSSR count). The smallest absolute Gasteiger partial charge is 0.255 e. The summed E-state index contributed by atoms with van der Waals surface area (Å²) in [5.74, 6) is 1.22. The van der Waals surface area contributed by atoms with Gasteiger partial charge in [0.15, 0.2) is 0 Å². The second kappa shape index (κ2) is 11.2. The molecule has 0 unspecified atom stereocenters. The zero-order chi connectivity index (χ0) is 22.1. The van der Waals surface area contributed by atoms with Gasteiger partial charge >= 0.3 is 0 Å². The van der Waals surface area contributed by atoms with E-state index in [1.807, 2.05) is 43.3 Å². The highest BCUT2D eigenvalue weighted by Gasteiger charge is 2.28. The number of para-hydroxylation sites is 2. The minimum Gasteiger partial charge on any atom is -0.490 e. The molecule has 168 valence electrons. The van der Waals surface area contributed by atoms with Gasteiger partial charge in [0, 0.05) is 19.1 Å². The molecule has 0 aliphatic carbocycles. The maximum Gasteiger partial charge on any atom is 0.255 e. The number of benzene rings is 2. The number of hydrogen-bond donors (Lipinski definition) is 1.